The summed E-state index contributed by atoms with van der Waals surface area (Å²) in [6.07, 6.45) is 2.63. The zero-order valence-corrected chi connectivity index (χ0v) is 18.8. The number of aryl methyl sites for hydroxylation is 2. The van der Waals surface area contributed by atoms with E-state index >= 15 is 0 Å². The molecule has 0 saturated carbocycles. The number of carbonyl (C=O) groups excluding carboxylic acids is 1. The Hall–Kier alpha value is -3.39. The molecule has 0 saturated heterocycles. The van der Waals surface area contributed by atoms with E-state index in [1.165, 1.54) is 5.56 Å². The van der Waals surface area contributed by atoms with Gasteiger partial charge < -0.3 is 4.57 Å². The van der Waals surface area contributed by atoms with E-state index in [2.05, 4.69) is 39.4 Å². The molecule has 162 valence electrons. The second-order valence-electron chi connectivity index (χ2n) is 7.40. The molecule has 0 aliphatic carbocycles. The van der Waals surface area contributed by atoms with E-state index in [0.717, 1.165) is 33.2 Å². The summed E-state index contributed by atoms with van der Waals surface area (Å²) in [4.78, 5) is 12.3. The Bertz CT molecular complexity index is 1200. The van der Waals surface area contributed by atoms with Crippen molar-refractivity contribution in [2.75, 3.05) is 17.1 Å². The van der Waals surface area contributed by atoms with Gasteiger partial charge in [0, 0.05) is 22.6 Å². The van der Waals surface area contributed by atoms with Crippen LogP contribution in [0.15, 0.2) is 65.8 Å². The molecule has 0 radical (unpaired) electrons. The summed E-state index contributed by atoms with van der Waals surface area (Å²) in [6, 6.07) is 18.7. The number of anilines is 1. The minimum atomic E-state index is -3.62. The number of hydrogen-bond acceptors (Lipinski definition) is 4. The smallest absolute Gasteiger partial charge is 0.260 e. The van der Waals surface area contributed by atoms with E-state index in [-0.39, 0.29) is 6.54 Å². The number of para-hydroxylation sites is 1. The zero-order chi connectivity index (χ0) is 22.6. The van der Waals surface area contributed by atoms with Crippen LogP contribution in [-0.2, 0) is 14.8 Å². The van der Waals surface area contributed by atoms with Crippen LogP contribution in [0.3, 0.4) is 0 Å². The molecule has 31 heavy (non-hydrogen) atoms. The molecule has 3 rings (SSSR count). The number of nitrogens with one attached hydrogen (secondary N) is 1. The van der Waals surface area contributed by atoms with E-state index in [1.54, 1.807) is 36.5 Å². The maximum Gasteiger partial charge on any atom is 0.260 e. The van der Waals surface area contributed by atoms with Crippen LogP contribution in [0.2, 0.25) is 0 Å². The van der Waals surface area contributed by atoms with Crippen LogP contribution < -0.4 is 9.73 Å². The summed E-state index contributed by atoms with van der Waals surface area (Å²) in [7, 11) is -3.62. The fourth-order valence-corrected chi connectivity index (χ4v) is 4.20. The molecular formula is C23H26N4O3S. The number of sulfonamides is 1. The van der Waals surface area contributed by atoms with Gasteiger partial charge in [-0.3, -0.25) is 9.10 Å². The van der Waals surface area contributed by atoms with Crippen molar-refractivity contribution >= 4 is 27.8 Å². The number of carbonyl (C=O) groups is 1. The monoisotopic (exact) mass is 438 g/mol. The molecule has 8 heteroatoms. The number of amides is 1. The molecule has 0 atom stereocenters. The highest BCUT2D eigenvalue weighted by atomic mass is 32.2. The molecule has 0 aliphatic rings. The quantitative estimate of drug-likeness (QED) is 0.454. The SMILES string of the molecule is Cc1ccc(-n2c(C)cc(/C=N/NC(=O)CN(c3ccccc3)S(C)(=O)=O)c2C)cc1. The van der Waals surface area contributed by atoms with Gasteiger partial charge >= 0.3 is 0 Å². The molecule has 0 bridgehead atoms. The van der Waals surface area contributed by atoms with Gasteiger partial charge in [0.15, 0.2) is 0 Å². The van der Waals surface area contributed by atoms with Crippen molar-refractivity contribution < 1.29 is 13.2 Å². The third-order valence-electron chi connectivity index (χ3n) is 4.89. The first-order valence-electron chi connectivity index (χ1n) is 9.77. The number of rotatable bonds is 7. The van der Waals surface area contributed by atoms with E-state index in [4.69, 9.17) is 0 Å². The standard InChI is InChI=1S/C23H26N4O3S/c1-17-10-12-22(13-11-17)27-18(2)14-20(19(27)3)15-24-25-23(28)16-26(31(4,29)30)21-8-6-5-7-9-21/h5-15H,16H2,1-4H3,(H,25,28)/b24-15+. The lowest BCUT2D eigenvalue weighted by Crippen LogP contribution is -2.38. The minimum Gasteiger partial charge on any atom is -0.318 e. The first-order valence-corrected chi connectivity index (χ1v) is 11.6. The molecule has 1 amide bonds. The van der Waals surface area contributed by atoms with Gasteiger partial charge in [-0.25, -0.2) is 13.8 Å². The van der Waals surface area contributed by atoms with E-state index in [0.29, 0.717) is 5.69 Å². The zero-order valence-electron chi connectivity index (χ0n) is 18.0. The second-order valence-corrected chi connectivity index (χ2v) is 9.30. The van der Waals surface area contributed by atoms with Crippen molar-refractivity contribution in [3.05, 3.63) is 83.2 Å². The average Bonchev–Trinajstić information content (AvgIpc) is 3.00. The summed E-state index contributed by atoms with van der Waals surface area (Å²) in [6.45, 7) is 5.68. The van der Waals surface area contributed by atoms with Crippen LogP contribution in [0.5, 0.6) is 0 Å². The fourth-order valence-electron chi connectivity index (χ4n) is 3.34. The predicted molar refractivity (Wildman–Crippen MR) is 124 cm³/mol. The summed E-state index contributed by atoms with van der Waals surface area (Å²) in [5, 5.41) is 4.03. The molecule has 0 fully saturated rings. The fraction of sp³-hybridized carbons (Fsp3) is 0.217. The normalized spacial score (nSPS) is 11.6. The Morgan fingerprint density at radius 1 is 1.06 bits per heavy atom. The second kappa shape index (κ2) is 9.18. The third kappa shape index (κ3) is 5.40. The lowest BCUT2D eigenvalue weighted by atomic mass is 10.2. The molecule has 1 aromatic heterocycles. The Kier molecular flexibility index (Phi) is 6.60. The first-order chi connectivity index (χ1) is 14.7. The van der Waals surface area contributed by atoms with Crippen LogP contribution >= 0.6 is 0 Å². The summed E-state index contributed by atoms with van der Waals surface area (Å²) < 4.78 is 27.4. The van der Waals surface area contributed by atoms with E-state index < -0.39 is 15.9 Å². The number of aromatic nitrogens is 1. The molecule has 3 aromatic rings. The molecule has 1 heterocycles. The van der Waals surface area contributed by atoms with Crippen LogP contribution in [-0.4, -0.2) is 37.9 Å². The number of hydrazone groups is 1. The maximum atomic E-state index is 12.3. The van der Waals surface area contributed by atoms with Crippen LogP contribution in [0, 0.1) is 20.8 Å². The number of benzene rings is 2. The topological polar surface area (TPSA) is 83.8 Å². The van der Waals surface area contributed by atoms with Gasteiger partial charge in [0.1, 0.15) is 6.54 Å². The molecule has 0 unspecified atom stereocenters. The maximum absolute atomic E-state index is 12.3. The lowest BCUT2D eigenvalue weighted by Gasteiger charge is -2.21. The summed E-state index contributed by atoms with van der Waals surface area (Å²) >= 11 is 0. The van der Waals surface area contributed by atoms with Gasteiger partial charge in [0.2, 0.25) is 10.0 Å². The van der Waals surface area contributed by atoms with Gasteiger partial charge in [-0.1, -0.05) is 35.9 Å². The lowest BCUT2D eigenvalue weighted by molar-refractivity contribution is -0.119. The Morgan fingerprint density at radius 2 is 1.71 bits per heavy atom. The van der Waals surface area contributed by atoms with Gasteiger partial charge in [0.25, 0.3) is 5.91 Å². The molecule has 0 spiro atoms. The molecule has 2 aromatic carbocycles. The predicted octanol–water partition coefficient (Wildman–Crippen LogP) is 3.32. The van der Waals surface area contributed by atoms with Gasteiger partial charge in [-0.2, -0.15) is 5.10 Å². The van der Waals surface area contributed by atoms with Crippen molar-refractivity contribution in [1.29, 1.82) is 0 Å². The average molecular weight is 439 g/mol. The van der Waals surface area contributed by atoms with Crippen molar-refractivity contribution in [1.82, 2.24) is 9.99 Å². The Labute approximate surface area is 183 Å². The van der Waals surface area contributed by atoms with Gasteiger partial charge in [-0.05, 0) is 51.1 Å². The first kappa shape index (κ1) is 22.3. The van der Waals surface area contributed by atoms with E-state index in [9.17, 15) is 13.2 Å². The molecule has 1 N–H and O–H groups in total. The summed E-state index contributed by atoms with van der Waals surface area (Å²) in [5.41, 5.74) is 7.98. The van der Waals surface area contributed by atoms with Crippen molar-refractivity contribution in [2.24, 2.45) is 5.10 Å². The number of hydrogen-bond donors (Lipinski definition) is 1. The van der Waals surface area contributed by atoms with Gasteiger partial charge in [0.05, 0.1) is 18.2 Å². The Balaban J connectivity index is 1.72. The summed E-state index contributed by atoms with van der Waals surface area (Å²) in [5.74, 6) is -0.530. The van der Waals surface area contributed by atoms with E-state index in [1.807, 2.05) is 26.8 Å². The highest BCUT2D eigenvalue weighted by Crippen LogP contribution is 2.20. The third-order valence-corrected chi connectivity index (χ3v) is 6.03. The van der Waals surface area contributed by atoms with Crippen molar-refractivity contribution in [2.45, 2.75) is 20.8 Å². The van der Waals surface area contributed by atoms with Crippen LogP contribution in [0.4, 0.5) is 5.69 Å². The minimum absolute atomic E-state index is 0.359. The molecular weight excluding hydrogens is 412 g/mol. The van der Waals surface area contributed by atoms with Crippen molar-refractivity contribution in [3.8, 4) is 5.69 Å². The molecule has 7 nitrogen and oxygen atoms in total. The highest BCUT2D eigenvalue weighted by Gasteiger charge is 2.20. The largest absolute Gasteiger partial charge is 0.318 e. The van der Waals surface area contributed by atoms with Crippen LogP contribution in [0.25, 0.3) is 5.69 Å². The Morgan fingerprint density at radius 3 is 2.32 bits per heavy atom. The van der Waals surface area contributed by atoms with Crippen LogP contribution in [0.1, 0.15) is 22.5 Å². The van der Waals surface area contributed by atoms with Gasteiger partial charge in [-0.15, -0.1) is 0 Å². The van der Waals surface area contributed by atoms with Crippen molar-refractivity contribution in [3.63, 3.8) is 0 Å². The molecule has 0 aliphatic heterocycles. The number of nitrogens with zero attached hydrogens (tertiary/aromatic N) is 3. The highest BCUT2D eigenvalue weighted by molar-refractivity contribution is 7.92.